The number of rotatable bonds is 3. The van der Waals surface area contributed by atoms with Crippen molar-refractivity contribution in [1.29, 1.82) is 0 Å². The van der Waals surface area contributed by atoms with E-state index >= 15 is 0 Å². The summed E-state index contributed by atoms with van der Waals surface area (Å²) >= 11 is 3.45. The fourth-order valence-corrected chi connectivity index (χ4v) is 1.66. The second kappa shape index (κ2) is 4.60. The van der Waals surface area contributed by atoms with Crippen LogP contribution in [0, 0.1) is 0 Å². The maximum absolute atomic E-state index is 5.06. The minimum absolute atomic E-state index is 0.412. The highest BCUT2D eigenvalue weighted by atomic mass is 79.9. The molecule has 0 heterocycles. The van der Waals surface area contributed by atoms with Gasteiger partial charge in [-0.2, -0.15) is 0 Å². The smallest absolute Gasteiger partial charge is 0.0961 e. The van der Waals surface area contributed by atoms with Crippen molar-refractivity contribution in [3.05, 3.63) is 28.2 Å². The zero-order valence-electron chi connectivity index (χ0n) is 7.75. The summed E-state index contributed by atoms with van der Waals surface area (Å²) in [5.74, 6) is 5.06. The van der Waals surface area contributed by atoms with E-state index in [2.05, 4.69) is 20.8 Å². The summed E-state index contributed by atoms with van der Waals surface area (Å²) in [4.78, 5) is 6.67. The van der Waals surface area contributed by atoms with Crippen LogP contribution >= 0.6 is 15.9 Å². The maximum atomic E-state index is 5.06. The van der Waals surface area contributed by atoms with E-state index in [0.717, 1.165) is 15.7 Å². The van der Waals surface area contributed by atoms with Gasteiger partial charge in [0.05, 0.1) is 6.61 Å². The molecule has 72 valence electrons. The van der Waals surface area contributed by atoms with Gasteiger partial charge in [0.15, 0.2) is 0 Å². The van der Waals surface area contributed by atoms with Gasteiger partial charge < -0.3 is 4.90 Å². The van der Waals surface area contributed by atoms with Gasteiger partial charge in [-0.1, -0.05) is 22.0 Å². The second-order valence-corrected chi connectivity index (χ2v) is 3.80. The molecule has 0 radical (unpaired) electrons. The van der Waals surface area contributed by atoms with Crippen LogP contribution in [-0.2, 0) is 11.4 Å². The lowest BCUT2D eigenvalue weighted by atomic mass is 10.2. The molecule has 1 aromatic carbocycles. The van der Waals surface area contributed by atoms with Gasteiger partial charge in [0.25, 0.3) is 0 Å². The van der Waals surface area contributed by atoms with E-state index in [9.17, 15) is 0 Å². The first kappa shape index (κ1) is 10.5. The monoisotopic (exact) mass is 244 g/mol. The van der Waals surface area contributed by atoms with E-state index in [1.54, 1.807) is 0 Å². The van der Waals surface area contributed by atoms with Crippen molar-refractivity contribution in [2.24, 2.45) is 5.90 Å². The Bertz CT molecular complexity index is 289. The zero-order chi connectivity index (χ0) is 9.84. The molecule has 0 unspecified atom stereocenters. The van der Waals surface area contributed by atoms with Crippen LogP contribution in [0.2, 0.25) is 0 Å². The number of hydrogen-bond donors (Lipinski definition) is 1. The van der Waals surface area contributed by atoms with Gasteiger partial charge >= 0.3 is 0 Å². The Labute approximate surface area is 86.6 Å². The summed E-state index contributed by atoms with van der Waals surface area (Å²) in [6.07, 6.45) is 0. The number of halogens is 1. The molecule has 0 saturated carbocycles. The first-order valence-corrected chi connectivity index (χ1v) is 4.72. The molecule has 0 aliphatic carbocycles. The van der Waals surface area contributed by atoms with Crippen LogP contribution in [0.1, 0.15) is 5.56 Å². The summed E-state index contributed by atoms with van der Waals surface area (Å²) in [6, 6.07) is 5.99. The summed E-state index contributed by atoms with van der Waals surface area (Å²) < 4.78 is 1.02. The SMILES string of the molecule is CN(C)c1cccc(Br)c1CON. The van der Waals surface area contributed by atoms with Gasteiger partial charge in [-0.15, -0.1) is 0 Å². The minimum atomic E-state index is 0.412. The standard InChI is InChI=1S/C9H13BrN2O/c1-12(2)9-5-3-4-8(10)7(9)6-13-11/h3-5H,6,11H2,1-2H3. The quantitative estimate of drug-likeness (QED) is 0.826. The molecule has 2 N–H and O–H groups in total. The second-order valence-electron chi connectivity index (χ2n) is 2.94. The third kappa shape index (κ3) is 2.43. The molecule has 0 aliphatic heterocycles. The van der Waals surface area contributed by atoms with Crippen molar-refractivity contribution < 1.29 is 4.84 Å². The third-order valence-electron chi connectivity index (χ3n) is 1.80. The van der Waals surface area contributed by atoms with E-state index in [0.29, 0.717) is 6.61 Å². The molecule has 4 heteroatoms. The van der Waals surface area contributed by atoms with Gasteiger partial charge in [-0.25, -0.2) is 5.90 Å². The highest BCUT2D eigenvalue weighted by Gasteiger charge is 2.07. The number of benzene rings is 1. The van der Waals surface area contributed by atoms with E-state index in [-0.39, 0.29) is 0 Å². The van der Waals surface area contributed by atoms with E-state index < -0.39 is 0 Å². The Balaban J connectivity index is 3.09. The molecule has 0 saturated heterocycles. The van der Waals surface area contributed by atoms with Crippen LogP contribution in [0.4, 0.5) is 5.69 Å². The van der Waals surface area contributed by atoms with Gasteiger partial charge in [0, 0.05) is 29.8 Å². The average Bonchev–Trinajstić information content (AvgIpc) is 2.08. The molecule has 1 aromatic rings. The zero-order valence-corrected chi connectivity index (χ0v) is 9.34. The van der Waals surface area contributed by atoms with E-state index in [1.807, 2.05) is 37.2 Å². The molecule has 3 nitrogen and oxygen atoms in total. The first-order chi connectivity index (χ1) is 6.16. The fraction of sp³-hybridized carbons (Fsp3) is 0.333. The molecular weight excluding hydrogens is 232 g/mol. The lowest BCUT2D eigenvalue weighted by molar-refractivity contribution is 0.124. The lowest BCUT2D eigenvalue weighted by Crippen LogP contribution is -2.13. The van der Waals surface area contributed by atoms with Gasteiger partial charge in [0.1, 0.15) is 0 Å². The van der Waals surface area contributed by atoms with Crippen molar-refractivity contribution in [3.8, 4) is 0 Å². The summed E-state index contributed by atoms with van der Waals surface area (Å²) in [5.41, 5.74) is 2.18. The minimum Gasteiger partial charge on any atom is -0.377 e. The maximum Gasteiger partial charge on any atom is 0.0961 e. The highest BCUT2D eigenvalue weighted by molar-refractivity contribution is 9.10. The predicted octanol–water partition coefficient (Wildman–Crippen LogP) is 1.91. The molecule has 13 heavy (non-hydrogen) atoms. The molecule has 0 fully saturated rings. The van der Waals surface area contributed by atoms with E-state index in [1.165, 1.54) is 0 Å². The Morgan fingerprint density at radius 1 is 1.46 bits per heavy atom. The number of anilines is 1. The van der Waals surface area contributed by atoms with Crippen LogP contribution < -0.4 is 10.8 Å². The van der Waals surface area contributed by atoms with Crippen LogP contribution in [-0.4, -0.2) is 14.1 Å². The normalized spacial score (nSPS) is 10.2. The molecule has 1 rings (SSSR count). The van der Waals surface area contributed by atoms with Crippen LogP contribution in [0.25, 0.3) is 0 Å². The number of nitrogens with two attached hydrogens (primary N) is 1. The van der Waals surface area contributed by atoms with Gasteiger partial charge in [-0.05, 0) is 12.1 Å². The molecule has 0 aliphatic rings. The predicted molar refractivity (Wildman–Crippen MR) is 57.4 cm³/mol. The number of nitrogens with zero attached hydrogens (tertiary/aromatic N) is 1. The Hall–Kier alpha value is -0.580. The van der Waals surface area contributed by atoms with Crippen molar-refractivity contribution >= 4 is 21.6 Å². The summed E-state index contributed by atoms with van der Waals surface area (Å²) in [6.45, 7) is 0.412. The first-order valence-electron chi connectivity index (χ1n) is 3.93. The lowest BCUT2D eigenvalue weighted by Gasteiger charge is -2.17. The van der Waals surface area contributed by atoms with Crippen molar-refractivity contribution in [3.63, 3.8) is 0 Å². The van der Waals surface area contributed by atoms with Crippen LogP contribution in [0.5, 0.6) is 0 Å². The van der Waals surface area contributed by atoms with Gasteiger partial charge in [-0.3, -0.25) is 4.84 Å². The average molecular weight is 245 g/mol. The summed E-state index contributed by atoms with van der Waals surface area (Å²) in [7, 11) is 3.98. The van der Waals surface area contributed by atoms with Crippen molar-refractivity contribution in [2.45, 2.75) is 6.61 Å². The molecule has 0 bridgehead atoms. The Morgan fingerprint density at radius 3 is 2.69 bits per heavy atom. The number of hydrogen-bond acceptors (Lipinski definition) is 3. The van der Waals surface area contributed by atoms with Crippen molar-refractivity contribution in [2.75, 3.05) is 19.0 Å². The molecule has 0 aromatic heterocycles. The van der Waals surface area contributed by atoms with Crippen LogP contribution in [0.15, 0.2) is 22.7 Å². The van der Waals surface area contributed by atoms with E-state index in [4.69, 9.17) is 5.90 Å². The van der Waals surface area contributed by atoms with Gasteiger partial charge in [0.2, 0.25) is 0 Å². The van der Waals surface area contributed by atoms with Crippen LogP contribution in [0.3, 0.4) is 0 Å². The molecular formula is C9H13BrN2O. The topological polar surface area (TPSA) is 38.5 Å². The van der Waals surface area contributed by atoms with Crippen molar-refractivity contribution in [1.82, 2.24) is 0 Å². The largest absolute Gasteiger partial charge is 0.377 e. The Morgan fingerprint density at radius 2 is 2.15 bits per heavy atom. The summed E-state index contributed by atoms with van der Waals surface area (Å²) in [5, 5.41) is 0. The molecule has 0 spiro atoms. The highest BCUT2D eigenvalue weighted by Crippen LogP contribution is 2.26. The molecule has 0 amide bonds. The fourth-order valence-electron chi connectivity index (χ4n) is 1.19. The third-order valence-corrected chi connectivity index (χ3v) is 2.55. The Kier molecular flexibility index (Phi) is 3.71. The molecule has 0 atom stereocenters.